The van der Waals surface area contributed by atoms with Gasteiger partial charge in [-0.2, -0.15) is 4.98 Å². The number of nitrogens with zero attached hydrogens (tertiary/aromatic N) is 3. The SMILES string of the molecule is C/C=C(\C/C=C\CF)C(=O)N1CCCC[C@@H](c2noc(-c3ccc(F)cc3)n2)CC1. The van der Waals surface area contributed by atoms with E-state index in [2.05, 4.69) is 10.1 Å². The number of benzene rings is 1. The Kier molecular flexibility index (Phi) is 7.88. The first-order valence-corrected chi connectivity index (χ1v) is 10.4. The molecule has 0 saturated carbocycles. The first-order valence-electron chi connectivity index (χ1n) is 10.4. The van der Waals surface area contributed by atoms with Gasteiger partial charge in [0.25, 0.3) is 5.89 Å². The Morgan fingerprint density at radius 3 is 2.73 bits per heavy atom. The quantitative estimate of drug-likeness (QED) is 0.479. The maximum atomic E-state index is 13.1. The van der Waals surface area contributed by atoms with E-state index in [0.29, 0.717) is 42.4 Å². The van der Waals surface area contributed by atoms with Crippen molar-refractivity contribution in [1.82, 2.24) is 15.0 Å². The predicted octanol–water partition coefficient (Wildman–Crippen LogP) is 5.22. The molecule has 2 aromatic rings. The molecule has 5 nitrogen and oxygen atoms in total. The number of halogens is 2. The Morgan fingerprint density at radius 2 is 2.00 bits per heavy atom. The molecule has 0 spiro atoms. The molecule has 0 aliphatic carbocycles. The molecule has 1 atom stereocenters. The van der Waals surface area contributed by atoms with E-state index in [9.17, 15) is 13.6 Å². The molecule has 1 saturated heterocycles. The van der Waals surface area contributed by atoms with Crippen LogP contribution in [0.25, 0.3) is 11.5 Å². The molecule has 160 valence electrons. The zero-order valence-corrected chi connectivity index (χ0v) is 17.2. The molecule has 1 aromatic carbocycles. The van der Waals surface area contributed by atoms with E-state index in [-0.39, 0.29) is 17.6 Å². The molecule has 1 aliphatic heterocycles. The van der Waals surface area contributed by atoms with Crippen LogP contribution in [0.3, 0.4) is 0 Å². The zero-order chi connectivity index (χ0) is 21.3. The summed E-state index contributed by atoms with van der Waals surface area (Å²) in [5.74, 6) is 0.779. The number of carbonyl (C=O) groups excluding carboxylic acids is 1. The summed E-state index contributed by atoms with van der Waals surface area (Å²) < 4.78 is 30.8. The van der Waals surface area contributed by atoms with Crippen LogP contribution in [-0.4, -0.2) is 40.7 Å². The monoisotopic (exact) mass is 415 g/mol. The summed E-state index contributed by atoms with van der Waals surface area (Å²) in [5, 5.41) is 4.14. The van der Waals surface area contributed by atoms with Crippen LogP contribution in [0.2, 0.25) is 0 Å². The van der Waals surface area contributed by atoms with Gasteiger partial charge in [-0.15, -0.1) is 0 Å². The summed E-state index contributed by atoms with van der Waals surface area (Å²) in [7, 11) is 0. The highest BCUT2D eigenvalue weighted by Gasteiger charge is 2.25. The number of carbonyl (C=O) groups is 1. The normalized spacial score (nSPS) is 18.4. The van der Waals surface area contributed by atoms with Crippen LogP contribution in [0.5, 0.6) is 0 Å². The molecule has 0 radical (unpaired) electrons. The molecule has 0 bridgehead atoms. The van der Waals surface area contributed by atoms with Crippen molar-refractivity contribution >= 4 is 5.91 Å². The van der Waals surface area contributed by atoms with Crippen molar-refractivity contribution in [3.63, 3.8) is 0 Å². The van der Waals surface area contributed by atoms with Gasteiger partial charge in [0.15, 0.2) is 5.82 Å². The summed E-state index contributed by atoms with van der Waals surface area (Å²) in [6.07, 6.45) is 8.89. The molecule has 1 aromatic heterocycles. The number of rotatable bonds is 6. The standard InChI is InChI=1S/C23H27F2N3O2/c1-2-17(7-3-5-14-24)23(29)28-15-6-4-8-18(13-16-28)21-26-22(30-27-21)19-9-11-20(25)12-10-19/h2-3,5,9-12,18H,4,6-8,13-16H2,1H3/b5-3-,17-2+/t18-/m1/s1. The van der Waals surface area contributed by atoms with Crippen LogP contribution in [0.15, 0.2) is 52.6 Å². The highest BCUT2D eigenvalue weighted by atomic mass is 19.1. The lowest BCUT2D eigenvalue weighted by molar-refractivity contribution is -0.127. The first-order chi connectivity index (χ1) is 14.6. The van der Waals surface area contributed by atoms with E-state index >= 15 is 0 Å². The van der Waals surface area contributed by atoms with Gasteiger partial charge in [-0.05, 0) is 56.9 Å². The third-order valence-electron chi connectivity index (χ3n) is 5.38. The number of hydrogen-bond donors (Lipinski definition) is 0. The summed E-state index contributed by atoms with van der Waals surface area (Å²) in [4.78, 5) is 19.3. The minimum absolute atomic E-state index is 0.00164. The number of amides is 1. The van der Waals surface area contributed by atoms with Gasteiger partial charge in [0.2, 0.25) is 5.91 Å². The summed E-state index contributed by atoms with van der Waals surface area (Å²) in [6, 6.07) is 5.95. The van der Waals surface area contributed by atoms with Crippen molar-refractivity contribution in [3.05, 3.63) is 59.7 Å². The van der Waals surface area contributed by atoms with Gasteiger partial charge in [-0.3, -0.25) is 4.79 Å². The smallest absolute Gasteiger partial charge is 0.257 e. The van der Waals surface area contributed by atoms with Gasteiger partial charge < -0.3 is 9.42 Å². The second-order valence-electron chi connectivity index (χ2n) is 7.38. The fourth-order valence-electron chi connectivity index (χ4n) is 3.64. The highest BCUT2D eigenvalue weighted by Crippen LogP contribution is 2.28. The Labute approximate surface area is 175 Å². The Morgan fingerprint density at radius 1 is 1.20 bits per heavy atom. The molecule has 0 unspecified atom stereocenters. The van der Waals surface area contributed by atoms with E-state index < -0.39 is 6.67 Å². The third-order valence-corrected chi connectivity index (χ3v) is 5.38. The highest BCUT2D eigenvalue weighted by molar-refractivity contribution is 5.93. The van der Waals surface area contributed by atoms with Crippen LogP contribution < -0.4 is 0 Å². The van der Waals surface area contributed by atoms with Crippen molar-refractivity contribution in [2.75, 3.05) is 19.8 Å². The first kappa shape index (κ1) is 21.9. The van der Waals surface area contributed by atoms with Gasteiger partial charge in [-0.25, -0.2) is 8.78 Å². The average molecular weight is 415 g/mol. The van der Waals surface area contributed by atoms with E-state index in [1.807, 2.05) is 11.8 Å². The molecule has 2 heterocycles. The van der Waals surface area contributed by atoms with Crippen molar-refractivity contribution in [3.8, 4) is 11.5 Å². The van der Waals surface area contributed by atoms with Crippen molar-refractivity contribution in [2.45, 2.75) is 44.9 Å². The fourth-order valence-corrected chi connectivity index (χ4v) is 3.64. The second kappa shape index (κ2) is 10.8. The van der Waals surface area contributed by atoms with Gasteiger partial charge in [0, 0.05) is 30.1 Å². The van der Waals surface area contributed by atoms with Gasteiger partial charge in [0.05, 0.1) is 0 Å². The van der Waals surface area contributed by atoms with Gasteiger partial charge in [-0.1, -0.05) is 29.8 Å². The minimum Gasteiger partial charge on any atom is -0.339 e. The lowest BCUT2D eigenvalue weighted by Crippen LogP contribution is -2.35. The molecular weight excluding hydrogens is 388 g/mol. The molecule has 0 N–H and O–H groups in total. The average Bonchev–Trinajstić information content (AvgIpc) is 3.21. The fraction of sp³-hybridized carbons (Fsp3) is 0.435. The Hall–Kier alpha value is -2.83. The molecule has 30 heavy (non-hydrogen) atoms. The molecule has 1 amide bonds. The molecule has 1 aliphatic rings. The number of likely N-dealkylation sites (tertiary alicyclic amines) is 1. The number of hydrogen-bond acceptors (Lipinski definition) is 4. The van der Waals surface area contributed by atoms with Gasteiger partial charge >= 0.3 is 0 Å². The number of alkyl halides is 1. The van der Waals surface area contributed by atoms with Crippen LogP contribution in [0.4, 0.5) is 8.78 Å². The van der Waals surface area contributed by atoms with Crippen LogP contribution in [-0.2, 0) is 4.79 Å². The van der Waals surface area contributed by atoms with Crippen molar-refractivity contribution in [2.24, 2.45) is 0 Å². The van der Waals surface area contributed by atoms with E-state index in [1.54, 1.807) is 24.3 Å². The summed E-state index contributed by atoms with van der Waals surface area (Å²) in [6.45, 7) is 2.62. The molecule has 3 rings (SSSR count). The van der Waals surface area contributed by atoms with E-state index in [4.69, 9.17) is 4.52 Å². The molecular formula is C23H27F2N3O2. The topological polar surface area (TPSA) is 59.2 Å². The maximum absolute atomic E-state index is 13.1. The summed E-state index contributed by atoms with van der Waals surface area (Å²) in [5.41, 5.74) is 1.35. The zero-order valence-electron chi connectivity index (χ0n) is 17.2. The van der Waals surface area contributed by atoms with Crippen molar-refractivity contribution < 1.29 is 18.1 Å². The lowest BCUT2D eigenvalue weighted by Gasteiger charge is -2.28. The minimum atomic E-state index is -0.527. The molecule has 1 fully saturated rings. The van der Waals surface area contributed by atoms with Crippen LogP contribution >= 0.6 is 0 Å². The van der Waals surface area contributed by atoms with Crippen LogP contribution in [0.1, 0.15) is 50.8 Å². The second-order valence-corrected chi connectivity index (χ2v) is 7.38. The lowest BCUT2D eigenvalue weighted by atomic mass is 9.95. The van der Waals surface area contributed by atoms with Crippen LogP contribution in [0, 0.1) is 5.82 Å². The van der Waals surface area contributed by atoms with Crippen molar-refractivity contribution in [1.29, 1.82) is 0 Å². The predicted molar refractivity (Wildman–Crippen MR) is 111 cm³/mol. The number of aromatic nitrogens is 2. The van der Waals surface area contributed by atoms with E-state index in [1.165, 1.54) is 18.2 Å². The largest absolute Gasteiger partial charge is 0.339 e. The van der Waals surface area contributed by atoms with E-state index in [0.717, 1.165) is 25.7 Å². The molecule has 7 heteroatoms. The Balaban J connectivity index is 1.66. The maximum Gasteiger partial charge on any atom is 0.257 e. The van der Waals surface area contributed by atoms with Gasteiger partial charge in [0.1, 0.15) is 12.5 Å². The number of allylic oxidation sites excluding steroid dienone is 3. The third kappa shape index (κ3) is 5.62. The Bertz CT molecular complexity index is 890. The summed E-state index contributed by atoms with van der Waals surface area (Å²) >= 11 is 0.